The number of amides is 1. The van der Waals surface area contributed by atoms with Crippen LogP contribution in [0.5, 0.6) is 5.75 Å². The average Bonchev–Trinajstić information content (AvgIpc) is 3.37. The lowest BCUT2D eigenvalue weighted by molar-refractivity contribution is -0.132. The molecule has 0 spiro atoms. The molecule has 1 fully saturated rings. The summed E-state index contributed by atoms with van der Waals surface area (Å²) in [5, 5.41) is 11.5. The van der Waals surface area contributed by atoms with Crippen LogP contribution in [-0.2, 0) is 9.59 Å². The fraction of sp³-hybridized carbons (Fsp3) is 0.148. The van der Waals surface area contributed by atoms with E-state index < -0.39 is 23.5 Å². The average molecular weight is 489 g/mol. The number of ether oxygens (including phenoxy) is 1. The highest BCUT2D eigenvalue weighted by Crippen LogP contribution is 2.44. The standard InChI is InChI=1S/C27H21FN2O4S/c1-3-34-19-11-7-17(8-12-19)24(31)22-23(16-5-9-18(28)10-6-16)30(26(33)25(22)32)27-29-20-13-4-15(2)14-21(20)35-27/h4-14,23,31H,3H2,1-2H3/b24-22+. The molecular weight excluding hydrogens is 467 g/mol. The highest BCUT2D eigenvalue weighted by atomic mass is 32.1. The predicted molar refractivity (Wildman–Crippen MR) is 133 cm³/mol. The largest absolute Gasteiger partial charge is 0.507 e. The topological polar surface area (TPSA) is 79.7 Å². The number of hydrogen-bond acceptors (Lipinski definition) is 6. The van der Waals surface area contributed by atoms with Gasteiger partial charge in [-0.3, -0.25) is 14.5 Å². The van der Waals surface area contributed by atoms with Crippen LogP contribution in [0, 0.1) is 12.7 Å². The van der Waals surface area contributed by atoms with E-state index in [2.05, 4.69) is 4.98 Å². The molecule has 5 rings (SSSR count). The highest BCUT2D eigenvalue weighted by molar-refractivity contribution is 7.22. The van der Waals surface area contributed by atoms with Gasteiger partial charge in [0, 0.05) is 5.56 Å². The number of anilines is 1. The number of benzene rings is 3. The number of rotatable bonds is 5. The summed E-state index contributed by atoms with van der Waals surface area (Å²) in [6.45, 7) is 4.31. The number of aliphatic hydroxyl groups excluding tert-OH is 1. The van der Waals surface area contributed by atoms with Crippen molar-refractivity contribution in [3.05, 3.63) is 94.8 Å². The van der Waals surface area contributed by atoms with Crippen LogP contribution in [0.4, 0.5) is 9.52 Å². The number of Topliss-reactive ketones (excluding diaryl/α,β-unsaturated/α-hetero) is 1. The summed E-state index contributed by atoms with van der Waals surface area (Å²) in [5.41, 5.74) is 2.50. The van der Waals surface area contributed by atoms with Crippen molar-refractivity contribution in [3.8, 4) is 5.75 Å². The first kappa shape index (κ1) is 22.7. The lowest BCUT2D eigenvalue weighted by Gasteiger charge is -2.23. The van der Waals surface area contributed by atoms with Crippen molar-refractivity contribution in [2.45, 2.75) is 19.9 Å². The quantitative estimate of drug-likeness (QED) is 0.219. The molecule has 176 valence electrons. The normalized spacial score (nSPS) is 17.3. The maximum atomic E-state index is 13.7. The van der Waals surface area contributed by atoms with Gasteiger partial charge in [0.05, 0.1) is 28.4 Å². The van der Waals surface area contributed by atoms with Crippen molar-refractivity contribution in [2.24, 2.45) is 0 Å². The van der Waals surface area contributed by atoms with Crippen molar-refractivity contribution in [1.82, 2.24) is 4.98 Å². The van der Waals surface area contributed by atoms with E-state index in [0.717, 1.165) is 10.3 Å². The molecule has 0 radical (unpaired) electrons. The molecule has 8 heteroatoms. The van der Waals surface area contributed by atoms with Gasteiger partial charge in [-0.15, -0.1) is 0 Å². The number of carbonyl (C=O) groups excluding carboxylic acids is 2. The zero-order chi connectivity index (χ0) is 24.7. The van der Waals surface area contributed by atoms with Gasteiger partial charge in [-0.1, -0.05) is 29.5 Å². The van der Waals surface area contributed by atoms with Crippen molar-refractivity contribution >= 4 is 44.1 Å². The Balaban J connectivity index is 1.68. The van der Waals surface area contributed by atoms with Crippen LogP contribution in [-0.4, -0.2) is 28.4 Å². The molecule has 1 saturated heterocycles. The number of aliphatic hydroxyl groups is 1. The van der Waals surface area contributed by atoms with Crippen LogP contribution in [0.15, 0.2) is 72.3 Å². The molecule has 0 saturated carbocycles. The summed E-state index contributed by atoms with van der Waals surface area (Å²) in [4.78, 5) is 32.4. The minimum Gasteiger partial charge on any atom is -0.507 e. The van der Waals surface area contributed by atoms with Gasteiger partial charge in [0.25, 0.3) is 5.78 Å². The van der Waals surface area contributed by atoms with Crippen LogP contribution >= 0.6 is 11.3 Å². The zero-order valence-electron chi connectivity index (χ0n) is 19.0. The minimum atomic E-state index is -0.969. The van der Waals surface area contributed by atoms with Crippen LogP contribution in [0.2, 0.25) is 0 Å². The third-order valence-corrected chi connectivity index (χ3v) is 6.83. The molecule has 1 aliphatic heterocycles. The molecule has 0 aliphatic carbocycles. The Morgan fingerprint density at radius 3 is 2.49 bits per heavy atom. The van der Waals surface area contributed by atoms with E-state index in [1.165, 1.54) is 40.5 Å². The van der Waals surface area contributed by atoms with E-state index in [1.807, 2.05) is 32.0 Å². The Kier molecular flexibility index (Phi) is 5.82. The fourth-order valence-corrected chi connectivity index (χ4v) is 5.23. The SMILES string of the molecule is CCOc1ccc(/C(O)=C2\C(=O)C(=O)N(c3nc4ccc(C)cc4s3)C2c2ccc(F)cc2)cc1. The second-order valence-electron chi connectivity index (χ2n) is 8.15. The smallest absolute Gasteiger partial charge is 0.301 e. The van der Waals surface area contributed by atoms with E-state index in [-0.39, 0.29) is 11.3 Å². The van der Waals surface area contributed by atoms with Gasteiger partial charge in [0.2, 0.25) is 0 Å². The van der Waals surface area contributed by atoms with E-state index in [0.29, 0.717) is 34.1 Å². The number of nitrogens with zero attached hydrogens (tertiary/aromatic N) is 2. The van der Waals surface area contributed by atoms with Crippen molar-refractivity contribution in [1.29, 1.82) is 0 Å². The molecule has 0 bridgehead atoms. The Bertz CT molecular complexity index is 1480. The number of aryl methyl sites for hydroxylation is 1. The second-order valence-corrected chi connectivity index (χ2v) is 9.15. The number of aromatic nitrogens is 1. The predicted octanol–water partition coefficient (Wildman–Crippen LogP) is 5.77. The van der Waals surface area contributed by atoms with Crippen LogP contribution in [0.3, 0.4) is 0 Å². The summed E-state index contributed by atoms with van der Waals surface area (Å²) in [7, 11) is 0. The summed E-state index contributed by atoms with van der Waals surface area (Å²) in [6, 6.07) is 16.9. The molecule has 1 aromatic heterocycles. The monoisotopic (exact) mass is 488 g/mol. The Morgan fingerprint density at radius 1 is 1.09 bits per heavy atom. The molecule has 1 unspecified atom stereocenters. The van der Waals surface area contributed by atoms with E-state index in [4.69, 9.17) is 4.74 Å². The van der Waals surface area contributed by atoms with E-state index in [9.17, 15) is 19.1 Å². The lowest BCUT2D eigenvalue weighted by Crippen LogP contribution is -2.29. The molecule has 4 aromatic rings. The van der Waals surface area contributed by atoms with Crippen LogP contribution in [0.1, 0.15) is 29.7 Å². The zero-order valence-corrected chi connectivity index (χ0v) is 19.8. The molecule has 1 aliphatic rings. The van der Waals surface area contributed by atoms with Gasteiger partial charge in [-0.05, 0) is 73.5 Å². The van der Waals surface area contributed by atoms with Crippen molar-refractivity contribution in [2.75, 3.05) is 11.5 Å². The van der Waals surface area contributed by atoms with Gasteiger partial charge in [-0.2, -0.15) is 0 Å². The summed E-state index contributed by atoms with van der Waals surface area (Å²) < 4.78 is 20.0. The summed E-state index contributed by atoms with van der Waals surface area (Å²) in [6.07, 6.45) is 0. The van der Waals surface area contributed by atoms with Gasteiger partial charge < -0.3 is 9.84 Å². The van der Waals surface area contributed by atoms with Crippen molar-refractivity contribution in [3.63, 3.8) is 0 Å². The Morgan fingerprint density at radius 2 is 1.80 bits per heavy atom. The molecule has 2 heterocycles. The molecule has 1 atom stereocenters. The van der Waals surface area contributed by atoms with Crippen LogP contribution in [0.25, 0.3) is 16.0 Å². The first-order chi connectivity index (χ1) is 16.9. The molecule has 3 aromatic carbocycles. The highest BCUT2D eigenvalue weighted by Gasteiger charge is 2.48. The van der Waals surface area contributed by atoms with E-state index >= 15 is 0 Å². The second kappa shape index (κ2) is 8.96. The number of thiazole rings is 1. The van der Waals surface area contributed by atoms with Gasteiger partial charge in [-0.25, -0.2) is 9.37 Å². The first-order valence-electron chi connectivity index (χ1n) is 11.0. The number of halogens is 1. The molecular formula is C27H21FN2O4S. The summed E-state index contributed by atoms with van der Waals surface area (Å²) in [5.74, 6) is -1.79. The van der Waals surface area contributed by atoms with E-state index in [1.54, 1.807) is 24.3 Å². The first-order valence-corrected chi connectivity index (χ1v) is 11.9. The van der Waals surface area contributed by atoms with Crippen molar-refractivity contribution < 1.29 is 23.8 Å². The maximum Gasteiger partial charge on any atom is 0.301 e. The number of hydrogen-bond donors (Lipinski definition) is 1. The molecule has 1 amide bonds. The molecule has 35 heavy (non-hydrogen) atoms. The third kappa shape index (κ3) is 4.06. The van der Waals surface area contributed by atoms with Gasteiger partial charge in [0.15, 0.2) is 5.13 Å². The molecule has 6 nitrogen and oxygen atoms in total. The number of ketones is 1. The minimum absolute atomic E-state index is 0.0822. The maximum absolute atomic E-state index is 13.7. The van der Waals surface area contributed by atoms with Gasteiger partial charge in [0.1, 0.15) is 17.3 Å². The Hall–Kier alpha value is -4.04. The molecule has 1 N–H and O–H groups in total. The van der Waals surface area contributed by atoms with Gasteiger partial charge >= 0.3 is 5.91 Å². The summed E-state index contributed by atoms with van der Waals surface area (Å²) >= 11 is 1.28. The lowest BCUT2D eigenvalue weighted by atomic mass is 9.95. The number of carbonyl (C=O) groups is 2. The number of fused-ring (bicyclic) bond motifs is 1. The fourth-order valence-electron chi connectivity index (χ4n) is 4.14. The third-order valence-electron chi connectivity index (χ3n) is 5.81. The Labute approximate surface area is 204 Å². The van der Waals surface area contributed by atoms with Crippen LogP contribution < -0.4 is 9.64 Å².